The molecule has 0 radical (unpaired) electrons. The third-order valence-corrected chi connectivity index (χ3v) is 2.99. The van der Waals surface area contributed by atoms with Gasteiger partial charge in [-0.2, -0.15) is 0 Å². The van der Waals surface area contributed by atoms with Crippen LogP contribution >= 0.6 is 0 Å². The molecule has 1 atom stereocenters. The number of nitrogens with zero attached hydrogens (tertiary/aromatic N) is 2. The van der Waals surface area contributed by atoms with E-state index >= 15 is 0 Å². The van der Waals surface area contributed by atoms with Gasteiger partial charge in [-0.1, -0.05) is 19.1 Å². The molecule has 0 saturated heterocycles. The van der Waals surface area contributed by atoms with Crippen molar-refractivity contribution >= 4 is 0 Å². The van der Waals surface area contributed by atoms with Gasteiger partial charge in [0.2, 0.25) is 0 Å². The van der Waals surface area contributed by atoms with Gasteiger partial charge in [-0.3, -0.25) is 9.97 Å². The van der Waals surface area contributed by atoms with Crippen LogP contribution in [-0.4, -0.2) is 16.0 Å². The molecule has 0 amide bonds. The molecule has 18 heavy (non-hydrogen) atoms. The lowest BCUT2D eigenvalue weighted by Crippen LogP contribution is -2.26. The van der Waals surface area contributed by atoms with Crippen LogP contribution in [0, 0.1) is 0 Å². The third kappa shape index (κ3) is 3.64. The highest BCUT2D eigenvalue weighted by molar-refractivity contribution is 5.16. The summed E-state index contributed by atoms with van der Waals surface area (Å²) >= 11 is 0. The molecule has 3 heteroatoms. The van der Waals surface area contributed by atoms with E-state index < -0.39 is 0 Å². The minimum atomic E-state index is 0.0918. The van der Waals surface area contributed by atoms with Crippen LogP contribution < -0.4 is 5.73 Å². The van der Waals surface area contributed by atoms with E-state index in [1.54, 1.807) is 6.20 Å². The fraction of sp³-hybridized carbons (Fsp3) is 0.333. The van der Waals surface area contributed by atoms with Crippen molar-refractivity contribution in [3.05, 3.63) is 59.7 Å². The molecule has 0 aromatic carbocycles. The van der Waals surface area contributed by atoms with Gasteiger partial charge in [0.15, 0.2) is 0 Å². The van der Waals surface area contributed by atoms with Crippen LogP contribution in [0.1, 0.15) is 23.7 Å². The first-order valence-corrected chi connectivity index (χ1v) is 6.36. The number of aromatic nitrogens is 2. The normalized spacial score (nSPS) is 12.3. The Kier molecular flexibility index (Phi) is 4.42. The summed E-state index contributed by atoms with van der Waals surface area (Å²) in [5.74, 6) is 0. The first-order chi connectivity index (χ1) is 8.78. The summed E-state index contributed by atoms with van der Waals surface area (Å²) in [6.07, 6.45) is 8.25. The Morgan fingerprint density at radius 3 is 2.61 bits per heavy atom. The fourth-order valence-corrected chi connectivity index (χ4v) is 1.95. The molecule has 2 rings (SSSR count). The molecule has 3 nitrogen and oxygen atoms in total. The second-order valence-electron chi connectivity index (χ2n) is 4.54. The number of pyridine rings is 2. The highest BCUT2D eigenvalue weighted by Gasteiger charge is 2.06. The zero-order chi connectivity index (χ0) is 12.8. The number of rotatable bonds is 5. The predicted molar refractivity (Wildman–Crippen MR) is 73.2 cm³/mol. The van der Waals surface area contributed by atoms with Gasteiger partial charge in [-0.25, -0.2) is 0 Å². The minimum Gasteiger partial charge on any atom is -0.327 e. The third-order valence-electron chi connectivity index (χ3n) is 2.99. The SMILES string of the molecule is CCc1ccc(CC(N)Cc2cccnc2)nc1. The number of hydrogen-bond donors (Lipinski definition) is 1. The fourth-order valence-electron chi connectivity index (χ4n) is 1.95. The molecular formula is C15H19N3. The summed E-state index contributed by atoms with van der Waals surface area (Å²) in [5, 5.41) is 0. The van der Waals surface area contributed by atoms with Crippen molar-refractivity contribution in [2.24, 2.45) is 5.73 Å². The first kappa shape index (κ1) is 12.7. The average Bonchev–Trinajstić information content (AvgIpc) is 2.40. The molecule has 0 saturated carbocycles. The quantitative estimate of drug-likeness (QED) is 0.872. The van der Waals surface area contributed by atoms with Gasteiger partial charge in [0.1, 0.15) is 0 Å². The van der Waals surface area contributed by atoms with Crippen LogP contribution in [0.4, 0.5) is 0 Å². The van der Waals surface area contributed by atoms with Crippen molar-refractivity contribution in [3.63, 3.8) is 0 Å². The van der Waals surface area contributed by atoms with Gasteiger partial charge in [-0.15, -0.1) is 0 Å². The summed E-state index contributed by atoms with van der Waals surface area (Å²) in [4.78, 5) is 8.53. The zero-order valence-electron chi connectivity index (χ0n) is 10.7. The van der Waals surface area contributed by atoms with Gasteiger partial charge < -0.3 is 5.73 Å². The zero-order valence-corrected chi connectivity index (χ0v) is 10.7. The average molecular weight is 241 g/mol. The Bertz CT molecular complexity index is 465. The predicted octanol–water partition coefficient (Wildman–Crippen LogP) is 2.15. The summed E-state index contributed by atoms with van der Waals surface area (Å²) in [6, 6.07) is 8.28. The van der Waals surface area contributed by atoms with Crippen LogP contribution in [0.15, 0.2) is 42.9 Å². The lowest BCUT2D eigenvalue weighted by Gasteiger charge is -2.11. The van der Waals surface area contributed by atoms with E-state index in [9.17, 15) is 0 Å². The molecule has 0 spiro atoms. The lowest BCUT2D eigenvalue weighted by molar-refractivity contribution is 0.652. The van der Waals surface area contributed by atoms with Crippen molar-refractivity contribution < 1.29 is 0 Å². The van der Waals surface area contributed by atoms with E-state index in [-0.39, 0.29) is 6.04 Å². The smallest absolute Gasteiger partial charge is 0.0419 e. The minimum absolute atomic E-state index is 0.0918. The van der Waals surface area contributed by atoms with Crippen molar-refractivity contribution in [2.75, 3.05) is 0 Å². The van der Waals surface area contributed by atoms with E-state index in [4.69, 9.17) is 5.73 Å². The molecule has 2 heterocycles. The Balaban J connectivity index is 1.92. The maximum Gasteiger partial charge on any atom is 0.0419 e. The standard InChI is InChI=1S/C15H19N3/c1-2-12-5-6-15(18-11-12)9-14(16)8-13-4-3-7-17-10-13/h3-7,10-11,14H,2,8-9,16H2,1H3. The topological polar surface area (TPSA) is 51.8 Å². The van der Waals surface area contributed by atoms with Crippen LogP contribution in [0.25, 0.3) is 0 Å². The van der Waals surface area contributed by atoms with Gasteiger partial charge in [0.05, 0.1) is 0 Å². The molecule has 94 valence electrons. The molecule has 0 aliphatic heterocycles. The Morgan fingerprint density at radius 2 is 2.00 bits per heavy atom. The second kappa shape index (κ2) is 6.26. The van der Waals surface area contributed by atoms with E-state index in [0.29, 0.717) is 0 Å². The monoisotopic (exact) mass is 241 g/mol. The molecule has 2 N–H and O–H groups in total. The molecule has 0 fully saturated rings. The van der Waals surface area contributed by atoms with Crippen molar-refractivity contribution in [1.29, 1.82) is 0 Å². The molecule has 2 aromatic rings. The Morgan fingerprint density at radius 1 is 1.11 bits per heavy atom. The van der Waals surface area contributed by atoms with E-state index in [0.717, 1.165) is 25.0 Å². The molecule has 0 aliphatic rings. The number of hydrogen-bond acceptors (Lipinski definition) is 3. The molecule has 0 aliphatic carbocycles. The molecule has 1 unspecified atom stereocenters. The van der Waals surface area contributed by atoms with Crippen LogP contribution in [0.5, 0.6) is 0 Å². The van der Waals surface area contributed by atoms with E-state index in [1.165, 1.54) is 11.1 Å². The summed E-state index contributed by atoms with van der Waals surface area (Å²) in [5.41, 5.74) is 9.64. The van der Waals surface area contributed by atoms with Crippen molar-refractivity contribution in [1.82, 2.24) is 9.97 Å². The van der Waals surface area contributed by atoms with Crippen LogP contribution in [0.2, 0.25) is 0 Å². The Labute approximate surface area is 108 Å². The van der Waals surface area contributed by atoms with Gasteiger partial charge in [-0.05, 0) is 36.1 Å². The molecule has 2 aromatic heterocycles. The first-order valence-electron chi connectivity index (χ1n) is 6.36. The van der Waals surface area contributed by atoms with Crippen LogP contribution in [-0.2, 0) is 19.3 Å². The van der Waals surface area contributed by atoms with E-state index in [1.807, 2.05) is 18.5 Å². The Hall–Kier alpha value is -1.74. The summed E-state index contributed by atoms with van der Waals surface area (Å²) in [6.45, 7) is 2.13. The van der Waals surface area contributed by atoms with Crippen molar-refractivity contribution in [3.8, 4) is 0 Å². The molecular weight excluding hydrogens is 222 g/mol. The largest absolute Gasteiger partial charge is 0.327 e. The number of aryl methyl sites for hydroxylation is 1. The maximum atomic E-state index is 6.14. The van der Waals surface area contributed by atoms with Gasteiger partial charge in [0.25, 0.3) is 0 Å². The summed E-state index contributed by atoms with van der Waals surface area (Å²) in [7, 11) is 0. The maximum absolute atomic E-state index is 6.14. The lowest BCUT2D eigenvalue weighted by atomic mass is 10.0. The second-order valence-corrected chi connectivity index (χ2v) is 4.54. The number of nitrogens with two attached hydrogens (primary N) is 1. The summed E-state index contributed by atoms with van der Waals surface area (Å²) < 4.78 is 0. The van der Waals surface area contributed by atoms with Gasteiger partial charge >= 0.3 is 0 Å². The highest BCUT2D eigenvalue weighted by atomic mass is 14.7. The molecule has 0 bridgehead atoms. The van der Waals surface area contributed by atoms with Crippen molar-refractivity contribution in [2.45, 2.75) is 32.2 Å². The van der Waals surface area contributed by atoms with E-state index in [2.05, 4.69) is 35.1 Å². The van der Waals surface area contributed by atoms with Gasteiger partial charge in [0, 0.05) is 36.7 Å². The van der Waals surface area contributed by atoms with Crippen LogP contribution in [0.3, 0.4) is 0 Å². The highest BCUT2D eigenvalue weighted by Crippen LogP contribution is 2.06.